The highest BCUT2D eigenvalue weighted by molar-refractivity contribution is 6.31. The fourth-order valence-corrected chi connectivity index (χ4v) is 2.12. The first-order valence-corrected chi connectivity index (χ1v) is 6.09. The quantitative estimate of drug-likeness (QED) is 0.844. The van der Waals surface area contributed by atoms with Gasteiger partial charge in [-0.1, -0.05) is 17.7 Å². The predicted octanol–water partition coefficient (Wildman–Crippen LogP) is 2.63. The van der Waals surface area contributed by atoms with Crippen LogP contribution in [0.3, 0.4) is 0 Å². The van der Waals surface area contributed by atoms with Crippen molar-refractivity contribution in [3.8, 4) is 0 Å². The number of nitrogens with one attached hydrogen (secondary N) is 1. The minimum absolute atomic E-state index is 0.00896. The van der Waals surface area contributed by atoms with Gasteiger partial charge in [-0.15, -0.1) is 0 Å². The number of carbonyl (C=O) groups excluding carboxylic acids is 1. The molecule has 0 aliphatic heterocycles. The Morgan fingerprint density at radius 1 is 1.42 bits per heavy atom. The number of H-pyrrole nitrogens is 1. The lowest BCUT2D eigenvalue weighted by Gasteiger charge is -2.02. The molecule has 1 aromatic heterocycles. The van der Waals surface area contributed by atoms with Crippen molar-refractivity contribution in [2.75, 3.05) is 6.61 Å². The van der Waals surface area contributed by atoms with Crippen molar-refractivity contribution in [3.63, 3.8) is 0 Å². The normalized spacial score (nSPS) is 10.6. The van der Waals surface area contributed by atoms with E-state index in [4.69, 9.17) is 21.4 Å². The first kappa shape index (κ1) is 13.4. The SMILES string of the molecule is CCOC(=O)Cc1c(C(=O)O)[nH]c2cc(Cl)ccc12. The van der Waals surface area contributed by atoms with E-state index in [0.29, 0.717) is 21.5 Å². The maximum atomic E-state index is 11.5. The molecule has 0 saturated heterocycles. The fraction of sp³-hybridized carbons (Fsp3) is 0.231. The number of fused-ring (bicyclic) bond motifs is 1. The zero-order chi connectivity index (χ0) is 14.0. The summed E-state index contributed by atoms with van der Waals surface area (Å²) >= 11 is 5.86. The van der Waals surface area contributed by atoms with E-state index in [0.717, 1.165) is 0 Å². The van der Waals surface area contributed by atoms with Gasteiger partial charge in [-0.25, -0.2) is 4.79 Å². The summed E-state index contributed by atoms with van der Waals surface area (Å²) in [5.74, 6) is -1.58. The summed E-state index contributed by atoms with van der Waals surface area (Å²) in [6.07, 6.45) is -0.0862. The van der Waals surface area contributed by atoms with Gasteiger partial charge in [-0.3, -0.25) is 4.79 Å². The van der Waals surface area contributed by atoms with Crippen molar-refractivity contribution < 1.29 is 19.4 Å². The zero-order valence-electron chi connectivity index (χ0n) is 10.2. The standard InChI is InChI=1S/C13H12ClNO4/c1-2-19-11(16)6-9-8-4-3-7(14)5-10(8)15-12(9)13(17)18/h3-5,15H,2,6H2,1H3,(H,17,18). The number of aromatic amines is 1. The number of hydrogen-bond donors (Lipinski definition) is 2. The highest BCUT2D eigenvalue weighted by Gasteiger charge is 2.20. The number of carboxylic acids is 1. The van der Waals surface area contributed by atoms with Crippen molar-refractivity contribution in [1.29, 1.82) is 0 Å². The van der Waals surface area contributed by atoms with Crippen LogP contribution in [0.5, 0.6) is 0 Å². The summed E-state index contributed by atoms with van der Waals surface area (Å²) in [6.45, 7) is 1.96. The van der Waals surface area contributed by atoms with Crippen LogP contribution in [0.25, 0.3) is 10.9 Å². The number of ether oxygens (including phenoxy) is 1. The number of esters is 1. The number of halogens is 1. The van der Waals surface area contributed by atoms with Crippen LogP contribution in [-0.2, 0) is 16.0 Å². The second kappa shape index (κ2) is 5.32. The number of aromatic carboxylic acids is 1. The number of carboxylic acid groups (broad SMARTS) is 1. The molecule has 0 bridgehead atoms. The van der Waals surface area contributed by atoms with Gasteiger partial charge >= 0.3 is 11.9 Å². The molecular formula is C13H12ClNO4. The Morgan fingerprint density at radius 2 is 2.16 bits per heavy atom. The van der Waals surface area contributed by atoms with Crippen LogP contribution in [-0.4, -0.2) is 28.6 Å². The van der Waals surface area contributed by atoms with Gasteiger partial charge in [0.05, 0.1) is 13.0 Å². The summed E-state index contributed by atoms with van der Waals surface area (Å²) in [7, 11) is 0. The lowest BCUT2D eigenvalue weighted by molar-refractivity contribution is -0.142. The Balaban J connectivity index is 2.52. The van der Waals surface area contributed by atoms with E-state index in [-0.39, 0.29) is 18.7 Å². The van der Waals surface area contributed by atoms with Crippen LogP contribution < -0.4 is 0 Å². The van der Waals surface area contributed by atoms with E-state index in [1.807, 2.05) is 0 Å². The van der Waals surface area contributed by atoms with Crippen molar-refractivity contribution in [3.05, 3.63) is 34.5 Å². The number of carbonyl (C=O) groups is 2. The molecule has 0 fully saturated rings. The van der Waals surface area contributed by atoms with Gasteiger partial charge in [0.1, 0.15) is 5.69 Å². The zero-order valence-corrected chi connectivity index (χ0v) is 11.0. The third-order valence-electron chi connectivity index (χ3n) is 2.71. The third-order valence-corrected chi connectivity index (χ3v) is 2.94. The Morgan fingerprint density at radius 3 is 2.79 bits per heavy atom. The van der Waals surface area contributed by atoms with Gasteiger partial charge in [0, 0.05) is 21.5 Å². The van der Waals surface area contributed by atoms with Crippen LogP contribution in [0.2, 0.25) is 5.02 Å². The molecule has 0 aliphatic carbocycles. The molecule has 0 aliphatic rings. The highest BCUT2D eigenvalue weighted by atomic mass is 35.5. The molecule has 1 heterocycles. The molecule has 0 amide bonds. The van der Waals surface area contributed by atoms with E-state index in [1.165, 1.54) is 0 Å². The van der Waals surface area contributed by atoms with Crippen LogP contribution in [0.1, 0.15) is 23.0 Å². The molecule has 6 heteroatoms. The van der Waals surface area contributed by atoms with Crippen molar-refractivity contribution >= 4 is 34.4 Å². The summed E-state index contributed by atoms with van der Waals surface area (Å²) in [4.78, 5) is 25.5. The predicted molar refractivity (Wildman–Crippen MR) is 70.6 cm³/mol. The summed E-state index contributed by atoms with van der Waals surface area (Å²) in [5, 5.41) is 10.3. The maximum Gasteiger partial charge on any atom is 0.352 e. The molecule has 0 radical (unpaired) electrons. The molecule has 0 atom stereocenters. The van der Waals surface area contributed by atoms with Crippen LogP contribution >= 0.6 is 11.6 Å². The Kier molecular flexibility index (Phi) is 3.76. The Hall–Kier alpha value is -2.01. The van der Waals surface area contributed by atoms with Crippen LogP contribution in [0, 0.1) is 0 Å². The first-order chi connectivity index (χ1) is 9.02. The average molecular weight is 282 g/mol. The molecule has 2 N–H and O–H groups in total. The van der Waals surface area contributed by atoms with E-state index in [9.17, 15) is 9.59 Å². The van der Waals surface area contributed by atoms with Gasteiger partial charge in [-0.2, -0.15) is 0 Å². The Bertz CT molecular complexity index is 647. The minimum atomic E-state index is -1.12. The van der Waals surface area contributed by atoms with Crippen LogP contribution in [0.4, 0.5) is 0 Å². The van der Waals surface area contributed by atoms with Gasteiger partial charge in [0.2, 0.25) is 0 Å². The van der Waals surface area contributed by atoms with Crippen LogP contribution in [0.15, 0.2) is 18.2 Å². The number of aromatic nitrogens is 1. The van der Waals surface area contributed by atoms with E-state index in [1.54, 1.807) is 25.1 Å². The smallest absolute Gasteiger partial charge is 0.352 e. The highest BCUT2D eigenvalue weighted by Crippen LogP contribution is 2.26. The number of hydrogen-bond acceptors (Lipinski definition) is 3. The minimum Gasteiger partial charge on any atom is -0.477 e. The molecule has 100 valence electrons. The molecule has 19 heavy (non-hydrogen) atoms. The molecule has 0 spiro atoms. The molecule has 2 aromatic rings. The van der Waals surface area contributed by atoms with Crippen molar-refractivity contribution in [1.82, 2.24) is 4.98 Å². The molecule has 0 saturated carbocycles. The summed E-state index contributed by atoms with van der Waals surface area (Å²) in [5.41, 5.74) is 0.993. The lowest BCUT2D eigenvalue weighted by atomic mass is 10.1. The summed E-state index contributed by atoms with van der Waals surface area (Å²) < 4.78 is 4.85. The molecule has 0 unspecified atom stereocenters. The monoisotopic (exact) mass is 281 g/mol. The topological polar surface area (TPSA) is 79.4 Å². The molecule has 2 rings (SSSR count). The van der Waals surface area contributed by atoms with Gasteiger partial charge in [0.25, 0.3) is 0 Å². The van der Waals surface area contributed by atoms with Gasteiger partial charge < -0.3 is 14.8 Å². The third kappa shape index (κ3) is 2.71. The maximum absolute atomic E-state index is 11.5. The number of benzene rings is 1. The Labute approximate surface area is 114 Å². The van der Waals surface area contributed by atoms with E-state index >= 15 is 0 Å². The molecular weight excluding hydrogens is 270 g/mol. The summed E-state index contributed by atoms with van der Waals surface area (Å²) in [6, 6.07) is 4.96. The van der Waals surface area contributed by atoms with Crippen molar-refractivity contribution in [2.24, 2.45) is 0 Å². The largest absolute Gasteiger partial charge is 0.477 e. The average Bonchev–Trinajstić information content (AvgIpc) is 2.67. The second-order valence-electron chi connectivity index (χ2n) is 3.96. The van der Waals surface area contributed by atoms with Crippen molar-refractivity contribution in [2.45, 2.75) is 13.3 Å². The second-order valence-corrected chi connectivity index (χ2v) is 4.39. The molecule has 5 nitrogen and oxygen atoms in total. The van der Waals surface area contributed by atoms with Gasteiger partial charge in [-0.05, 0) is 19.1 Å². The van der Waals surface area contributed by atoms with Gasteiger partial charge in [0.15, 0.2) is 0 Å². The van der Waals surface area contributed by atoms with E-state index in [2.05, 4.69) is 4.98 Å². The number of rotatable bonds is 4. The molecule has 1 aromatic carbocycles. The van der Waals surface area contributed by atoms with E-state index < -0.39 is 11.9 Å². The first-order valence-electron chi connectivity index (χ1n) is 5.72. The lowest BCUT2D eigenvalue weighted by Crippen LogP contribution is -2.10. The fourth-order valence-electron chi connectivity index (χ4n) is 1.95.